The van der Waals surface area contributed by atoms with Crippen molar-refractivity contribution in [2.24, 2.45) is 5.92 Å². The minimum Gasteiger partial charge on any atom is -0.504 e. The van der Waals surface area contributed by atoms with Crippen molar-refractivity contribution in [1.82, 2.24) is 0 Å². The van der Waals surface area contributed by atoms with Crippen molar-refractivity contribution >= 4 is 23.2 Å². The summed E-state index contributed by atoms with van der Waals surface area (Å²) in [5, 5.41) is 12.5. The van der Waals surface area contributed by atoms with Crippen LogP contribution in [0.15, 0.2) is 72.8 Å². The fourth-order valence-electron chi connectivity index (χ4n) is 4.64. The fraction of sp³-hybridized carbons (Fsp3) is 0.259. The summed E-state index contributed by atoms with van der Waals surface area (Å²) in [5.74, 6) is -0.866. The zero-order chi connectivity index (χ0) is 24.5. The normalized spacial score (nSPS) is 21.4. The first-order chi connectivity index (χ1) is 17.0. The van der Waals surface area contributed by atoms with E-state index in [-0.39, 0.29) is 11.5 Å². The van der Waals surface area contributed by atoms with E-state index in [1.807, 2.05) is 37.3 Å². The van der Waals surface area contributed by atoms with E-state index >= 15 is 0 Å². The third kappa shape index (κ3) is 3.85. The second-order valence-corrected chi connectivity index (χ2v) is 8.41. The number of methoxy groups -OCH3 is 1. The number of ether oxygens (including phenoxy) is 2. The number of phenols is 1. The molecule has 2 aliphatic heterocycles. The SMILES string of the molecule is CCCOc1ccc(N2C(=O)C3ON(c4ccccc4)C(c4cccc(OC)c4O)C3C2=O)cc1. The smallest absolute Gasteiger partial charge is 0.266 e. The molecule has 2 amide bonds. The topological polar surface area (TPSA) is 88.5 Å². The highest BCUT2D eigenvalue weighted by atomic mass is 16.7. The van der Waals surface area contributed by atoms with Gasteiger partial charge >= 0.3 is 0 Å². The van der Waals surface area contributed by atoms with Gasteiger partial charge in [-0.1, -0.05) is 37.3 Å². The Bertz CT molecular complexity index is 1230. The molecule has 0 aliphatic carbocycles. The molecule has 2 saturated heterocycles. The molecule has 2 heterocycles. The molecule has 35 heavy (non-hydrogen) atoms. The molecule has 0 spiro atoms. The number of fused-ring (bicyclic) bond motifs is 1. The summed E-state index contributed by atoms with van der Waals surface area (Å²) in [6, 6.07) is 20.4. The first-order valence-electron chi connectivity index (χ1n) is 11.5. The highest BCUT2D eigenvalue weighted by molar-refractivity contribution is 6.24. The van der Waals surface area contributed by atoms with Crippen LogP contribution in [-0.4, -0.2) is 36.7 Å². The summed E-state index contributed by atoms with van der Waals surface area (Å²) in [7, 11) is 1.46. The number of aromatic hydroxyl groups is 1. The Balaban J connectivity index is 1.54. The Morgan fingerprint density at radius 2 is 1.66 bits per heavy atom. The largest absolute Gasteiger partial charge is 0.504 e. The lowest BCUT2D eigenvalue weighted by molar-refractivity contribution is -0.126. The second kappa shape index (κ2) is 9.31. The maximum Gasteiger partial charge on any atom is 0.266 e. The Kier molecular flexibility index (Phi) is 6.05. The van der Waals surface area contributed by atoms with Crippen molar-refractivity contribution in [2.45, 2.75) is 25.5 Å². The molecule has 180 valence electrons. The van der Waals surface area contributed by atoms with Gasteiger partial charge < -0.3 is 14.6 Å². The van der Waals surface area contributed by atoms with Crippen molar-refractivity contribution in [2.75, 3.05) is 23.7 Å². The Hall–Kier alpha value is -4.04. The van der Waals surface area contributed by atoms with Crippen LogP contribution in [0.25, 0.3) is 0 Å². The molecule has 0 saturated carbocycles. The molecule has 5 rings (SSSR count). The highest BCUT2D eigenvalue weighted by Crippen LogP contribution is 2.50. The molecular formula is C27H26N2O6. The van der Waals surface area contributed by atoms with Gasteiger partial charge in [-0.05, 0) is 48.9 Å². The monoisotopic (exact) mass is 474 g/mol. The molecular weight excluding hydrogens is 448 g/mol. The lowest BCUT2D eigenvalue weighted by atomic mass is 9.90. The molecule has 8 heteroatoms. The summed E-state index contributed by atoms with van der Waals surface area (Å²) in [6.07, 6.45) is -0.156. The Labute approximate surface area is 203 Å². The van der Waals surface area contributed by atoms with E-state index in [9.17, 15) is 14.7 Å². The van der Waals surface area contributed by atoms with Gasteiger partial charge in [-0.25, -0.2) is 9.96 Å². The van der Waals surface area contributed by atoms with Crippen molar-refractivity contribution in [3.8, 4) is 17.2 Å². The summed E-state index contributed by atoms with van der Waals surface area (Å²) < 4.78 is 10.9. The van der Waals surface area contributed by atoms with E-state index in [2.05, 4.69) is 0 Å². The van der Waals surface area contributed by atoms with Gasteiger partial charge in [0.05, 0.1) is 25.1 Å². The van der Waals surface area contributed by atoms with Gasteiger partial charge in [0.2, 0.25) is 5.91 Å². The van der Waals surface area contributed by atoms with Gasteiger partial charge in [-0.3, -0.25) is 14.4 Å². The zero-order valence-electron chi connectivity index (χ0n) is 19.5. The number of hydroxylamine groups is 1. The first kappa shape index (κ1) is 22.7. The van der Waals surface area contributed by atoms with Crippen LogP contribution in [0.3, 0.4) is 0 Å². The van der Waals surface area contributed by atoms with E-state index in [4.69, 9.17) is 14.3 Å². The van der Waals surface area contributed by atoms with E-state index in [1.54, 1.807) is 47.5 Å². The minimum absolute atomic E-state index is 0.0960. The summed E-state index contributed by atoms with van der Waals surface area (Å²) >= 11 is 0. The van der Waals surface area contributed by atoms with Crippen LogP contribution >= 0.6 is 0 Å². The van der Waals surface area contributed by atoms with E-state index < -0.39 is 29.9 Å². The number of benzene rings is 3. The van der Waals surface area contributed by atoms with Gasteiger partial charge in [0.1, 0.15) is 17.7 Å². The van der Waals surface area contributed by atoms with Crippen molar-refractivity contribution in [3.05, 3.63) is 78.4 Å². The van der Waals surface area contributed by atoms with Gasteiger partial charge in [0, 0.05) is 5.56 Å². The number of nitrogens with zero attached hydrogens (tertiary/aromatic N) is 2. The highest BCUT2D eigenvalue weighted by Gasteiger charge is 2.60. The molecule has 0 aromatic heterocycles. The summed E-state index contributed by atoms with van der Waals surface area (Å²) in [5.41, 5.74) is 1.55. The third-order valence-corrected chi connectivity index (χ3v) is 6.26. The van der Waals surface area contributed by atoms with E-state index in [0.29, 0.717) is 29.3 Å². The molecule has 3 aromatic carbocycles. The summed E-state index contributed by atoms with van der Waals surface area (Å²) in [4.78, 5) is 34.5. The number of hydrogen-bond acceptors (Lipinski definition) is 7. The maximum atomic E-state index is 13.7. The maximum absolute atomic E-state index is 13.7. The Morgan fingerprint density at radius 1 is 0.914 bits per heavy atom. The predicted molar refractivity (Wildman–Crippen MR) is 129 cm³/mol. The quantitative estimate of drug-likeness (QED) is 0.513. The van der Waals surface area contributed by atoms with Crippen LogP contribution < -0.4 is 19.4 Å². The number of imide groups is 1. The van der Waals surface area contributed by atoms with Crippen LogP contribution in [0.1, 0.15) is 24.9 Å². The molecule has 3 unspecified atom stereocenters. The van der Waals surface area contributed by atoms with Crippen LogP contribution in [0.4, 0.5) is 11.4 Å². The zero-order valence-corrected chi connectivity index (χ0v) is 19.5. The molecule has 1 N–H and O–H groups in total. The van der Waals surface area contributed by atoms with E-state index in [0.717, 1.165) is 11.3 Å². The Morgan fingerprint density at radius 3 is 2.34 bits per heavy atom. The van der Waals surface area contributed by atoms with Crippen LogP contribution in [0.5, 0.6) is 17.2 Å². The first-order valence-corrected chi connectivity index (χ1v) is 11.5. The fourth-order valence-corrected chi connectivity index (χ4v) is 4.64. The molecule has 2 aliphatic rings. The number of carbonyl (C=O) groups is 2. The third-order valence-electron chi connectivity index (χ3n) is 6.26. The van der Waals surface area contributed by atoms with Crippen molar-refractivity contribution < 1.29 is 29.0 Å². The lowest BCUT2D eigenvalue weighted by Crippen LogP contribution is -2.37. The number of anilines is 2. The average Bonchev–Trinajstić information content (AvgIpc) is 3.39. The molecule has 8 nitrogen and oxygen atoms in total. The molecule has 0 radical (unpaired) electrons. The van der Waals surface area contributed by atoms with Crippen molar-refractivity contribution in [1.29, 1.82) is 0 Å². The van der Waals surface area contributed by atoms with Gasteiger partial charge in [-0.2, -0.15) is 0 Å². The van der Waals surface area contributed by atoms with Gasteiger partial charge in [-0.15, -0.1) is 0 Å². The van der Waals surface area contributed by atoms with Crippen LogP contribution in [0.2, 0.25) is 0 Å². The number of carbonyl (C=O) groups excluding carboxylic acids is 2. The number of hydrogen-bond donors (Lipinski definition) is 1. The van der Waals surface area contributed by atoms with Crippen molar-refractivity contribution in [3.63, 3.8) is 0 Å². The molecule has 3 atom stereocenters. The second-order valence-electron chi connectivity index (χ2n) is 8.41. The summed E-state index contributed by atoms with van der Waals surface area (Å²) in [6.45, 7) is 2.60. The molecule has 0 bridgehead atoms. The molecule has 3 aromatic rings. The van der Waals surface area contributed by atoms with Gasteiger partial charge in [0.25, 0.3) is 5.91 Å². The standard InChI is InChI=1S/C27H26N2O6/c1-3-16-34-19-14-12-17(13-15-19)28-26(31)22-23(20-10-7-11-21(33-2)24(20)30)29(35-25(22)27(28)32)18-8-5-4-6-9-18/h4-15,22-23,25,30H,3,16H2,1-2H3. The van der Waals surface area contributed by atoms with Crippen LogP contribution in [-0.2, 0) is 14.4 Å². The van der Waals surface area contributed by atoms with E-state index in [1.165, 1.54) is 7.11 Å². The number of rotatable bonds is 7. The van der Waals surface area contributed by atoms with Crippen LogP contribution in [0, 0.1) is 5.92 Å². The molecule has 2 fully saturated rings. The minimum atomic E-state index is -1.03. The number of phenolic OH excluding ortho intramolecular Hbond substituents is 1. The predicted octanol–water partition coefficient (Wildman–Crippen LogP) is 4.24. The van der Waals surface area contributed by atoms with Gasteiger partial charge in [0.15, 0.2) is 17.6 Å². The lowest BCUT2D eigenvalue weighted by Gasteiger charge is -2.29. The average molecular weight is 475 g/mol. The number of para-hydroxylation sites is 2. The number of amides is 2.